The molecule has 3 aromatic rings. The first-order chi connectivity index (χ1) is 14.1. The maximum Gasteiger partial charge on any atom is 0.328 e. The number of carbonyl (C=O) groups excluding carboxylic acids is 1. The van der Waals surface area contributed by atoms with Crippen LogP contribution in [0.1, 0.15) is 27.0 Å². The molecule has 3 aromatic carbocycles. The molecule has 0 saturated heterocycles. The van der Waals surface area contributed by atoms with Gasteiger partial charge >= 0.3 is 5.97 Å². The molecule has 5 nitrogen and oxygen atoms in total. The largest absolute Gasteiger partial charge is 0.489 e. The number of carboxylic acids is 1. The molecule has 1 amide bonds. The smallest absolute Gasteiger partial charge is 0.328 e. The zero-order valence-corrected chi connectivity index (χ0v) is 15.7. The Hall–Kier alpha value is -3.86. The maximum atomic E-state index is 12.8. The minimum Gasteiger partial charge on any atom is -0.489 e. The van der Waals surface area contributed by atoms with E-state index in [1.54, 1.807) is 18.2 Å². The van der Waals surface area contributed by atoms with Gasteiger partial charge in [-0.1, -0.05) is 66.7 Å². The van der Waals surface area contributed by atoms with Crippen LogP contribution in [0.2, 0.25) is 0 Å². The Balaban J connectivity index is 1.78. The van der Waals surface area contributed by atoms with E-state index in [2.05, 4.69) is 5.32 Å². The molecule has 0 spiro atoms. The summed E-state index contributed by atoms with van der Waals surface area (Å²) in [5.41, 5.74) is 2.84. The maximum absolute atomic E-state index is 12.8. The average Bonchev–Trinajstić information content (AvgIpc) is 2.76. The summed E-state index contributed by atoms with van der Waals surface area (Å²) < 4.78 is 5.81. The van der Waals surface area contributed by atoms with Crippen molar-refractivity contribution in [2.75, 3.05) is 0 Å². The van der Waals surface area contributed by atoms with E-state index < -0.39 is 5.97 Å². The van der Waals surface area contributed by atoms with Gasteiger partial charge in [0.05, 0.1) is 5.56 Å². The minimum absolute atomic E-state index is 0.302. The molecule has 0 aliphatic carbocycles. The standard InChI is InChI=1S/C24H21NO4/c26-23(27)14-12-20-11-13-21(29-17-19-9-5-2-6-10-19)15-22(20)24(28)25-16-18-7-3-1-4-8-18/h1-15H,16-17H2,(H,25,28)(H,26,27)/b14-12+. The first kappa shape index (κ1) is 19.9. The predicted octanol–water partition coefficient (Wildman–Crippen LogP) is 4.29. The topological polar surface area (TPSA) is 75.6 Å². The number of rotatable bonds is 8. The third-order valence-electron chi connectivity index (χ3n) is 4.22. The Kier molecular flexibility index (Phi) is 6.79. The lowest BCUT2D eigenvalue weighted by Gasteiger charge is -2.12. The van der Waals surface area contributed by atoms with Crippen molar-refractivity contribution in [3.8, 4) is 5.75 Å². The molecule has 0 aliphatic rings. The summed E-state index contributed by atoms with van der Waals surface area (Å²) in [6.45, 7) is 0.743. The van der Waals surface area contributed by atoms with Crippen LogP contribution in [0.3, 0.4) is 0 Å². The molecular weight excluding hydrogens is 366 g/mol. The minimum atomic E-state index is -1.08. The second-order valence-electron chi connectivity index (χ2n) is 6.36. The summed E-state index contributed by atoms with van der Waals surface area (Å²) in [7, 11) is 0. The molecule has 0 bridgehead atoms. The van der Waals surface area contributed by atoms with E-state index in [1.807, 2.05) is 60.7 Å². The Bertz CT molecular complexity index is 998. The molecule has 0 unspecified atom stereocenters. The fourth-order valence-corrected chi connectivity index (χ4v) is 2.74. The summed E-state index contributed by atoms with van der Waals surface area (Å²) >= 11 is 0. The lowest BCUT2D eigenvalue weighted by atomic mass is 10.1. The zero-order valence-electron chi connectivity index (χ0n) is 15.7. The zero-order chi connectivity index (χ0) is 20.5. The van der Waals surface area contributed by atoms with Crippen LogP contribution in [0.15, 0.2) is 84.9 Å². The van der Waals surface area contributed by atoms with Crippen molar-refractivity contribution in [3.05, 3.63) is 107 Å². The second kappa shape index (κ2) is 9.90. The first-order valence-corrected chi connectivity index (χ1v) is 9.16. The Morgan fingerprint density at radius 3 is 2.21 bits per heavy atom. The van der Waals surface area contributed by atoms with Gasteiger partial charge in [0.25, 0.3) is 5.91 Å². The van der Waals surface area contributed by atoms with Crippen molar-refractivity contribution in [1.82, 2.24) is 5.32 Å². The number of hydrogen-bond acceptors (Lipinski definition) is 3. The van der Waals surface area contributed by atoms with E-state index in [4.69, 9.17) is 9.84 Å². The second-order valence-corrected chi connectivity index (χ2v) is 6.36. The van der Waals surface area contributed by atoms with Gasteiger partial charge in [-0.15, -0.1) is 0 Å². The van der Waals surface area contributed by atoms with E-state index in [0.717, 1.165) is 17.2 Å². The van der Waals surface area contributed by atoms with E-state index in [0.29, 0.717) is 30.0 Å². The van der Waals surface area contributed by atoms with Crippen LogP contribution in [-0.4, -0.2) is 17.0 Å². The van der Waals surface area contributed by atoms with Crippen molar-refractivity contribution in [3.63, 3.8) is 0 Å². The molecule has 0 aliphatic heterocycles. The number of ether oxygens (including phenoxy) is 1. The van der Waals surface area contributed by atoms with Crippen LogP contribution in [0.5, 0.6) is 5.75 Å². The molecule has 0 radical (unpaired) electrons. The molecule has 0 heterocycles. The van der Waals surface area contributed by atoms with Crippen LogP contribution in [0.25, 0.3) is 6.08 Å². The molecule has 0 fully saturated rings. The number of benzene rings is 3. The molecular formula is C24H21NO4. The number of aliphatic carboxylic acids is 1. The van der Waals surface area contributed by atoms with E-state index in [9.17, 15) is 9.59 Å². The summed E-state index contributed by atoms with van der Waals surface area (Å²) in [6, 6.07) is 24.3. The third kappa shape index (κ3) is 6.07. The van der Waals surface area contributed by atoms with E-state index in [1.165, 1.54) is 6.08 Å². The monoisotopic (exact) mass is 387 g/mol. The highest BCUT2D eigenvalue weighted by Gasteiger charge is 2.12. The van der Waals surface area contributed by atoms with E-state index >= 15 is 0 Å². The average molecular weight is 387 g/mol. The van der Waals surface area contributed by atoms with Gasteiger partial charge in [-0.3, -0.25) is 4.79 Å². The van der Waals surface area contributed by atoms with Crippen molar-refractivity contribution in [1.29, 1.82) is 0 Å². The molecule has 2 N–H and O–H groups in total. The summed E-state index contributed by atoms with van der Waals surface area (Å²) in [5, 5.41) is 11.8. The van der Waals surface area contributed by atoms with Gasteiger partial charge in [-0.2, -0.15) is 0 Å². The highest BCUT2D eigenvalue weighted by molar-refractivity contribution is 5.99. The molecule has 3 rings (SSSR count). The lowest BCUT2D eigenvalue weighted by molar-refractivity contribution is -0.131. The van der Waals surface area contributed by atoms with Gasteiger partial charge in [-0.25, -0.2) is 4.79 Å². The number of carboxylic acid groups (broad SMARTS) is 1. The Labute approximate surface area is 169 Å². The molecule has 29 heavy (non-hydrogen) atoms. The van der Waals surface area contributed by atoms with Crippen LogP contribution in [0, 0.1) is 0 Å². The molecule has 0 atom stereocenters. The quantitative estimate of drug-likeness (QED) is 0.565. The van der Waals surface area contributed by atoms with Gasteiger partial charge in [0.15, 0.2) is 0 Å². The molecule has 146 valence electrons. The lowest BCUT2D eigenvalue weighted by Crippen LogP contribution is -2.23. The van der Waals surface area contributed by atoms with Crippen LogP contribution >= 0.6 is 0 Å². The van der Waals surface area contributed by atoms with Gasteiger partial charge in [0.1, 0.15) is 12.4 Å². The summed E-state index contributed by atoms with van der Waals surface area (Å²) in [5.74, 6) is -0.847. The van der Waals surface area contributed by atoms with Crippen molar-refractivity contribution >= 4 is 18.0 Å². The summed E-state index contributed by atoms with van der Waals surface area (Å²) in [4.78, 5) is 23.6. The van der Waals surface area contributed by atoms with Crippen molar-refractivity contribution in [2.45, 2.75) is 13.2 Å². The van der Waals surface area contributed by atoms with Crippen LogP contribution in [0.4, 0.5) is 0 Å². The van der Waals surface area contributed by atoms with Gasteiger partial charge in [-0.05, 0) is 34.9 Å². The molecule has 0 saturated carbocycles. The predicted molar refractivity (Wildman–Crippen MR) is 111 cm³/mol. The van der Waals surface area contributed by atoms with Crippen LogP contribution in [-0.2, 0) is 17.9 Å². The Morgan fingerprint density at radius 1 is 0.897 bits per heavy atom. The van der Waals surface area contributed by atoms with Crippen LogP contribution < -0.4 is 10.1 Å². The molecule has 5 heteroatoms. The third-order valence-corrected chi connectivity index (χ3v) is 4.22. The highest BCUT2D eigenvalue weighted by Crippen LogP contribution is 2.21. The SMILES string of the molecule is O=C(O)/C=C/c1ccc(OCc2ccccc2)cc1C(=O)NCc1ccccc1. The number of amides is 1. The fourth-order valence-electron chi connectivity index (χ4n) is 2.74. The van der Waals surface area contributed by atoms with E-state index in [-0.39, 0.29) is 5.91 Å². The Morgan fingerprint density at radius 2 is 1.55 bits per heavy atom. The van der Waals surface area contributed by atoms with Gasteiger partial charge < -0.3 is 15.2 Å². The van der Waals surface area contributed by atoms with Crippen molar-refractivity contribution in [2.24, 2.45) is 0 Å². The first-order valence-electron chi connectivity index (χ1n) is 9.16. The number of nitrogens with one attached hydrogen (secondary N) is 1. The normalized spacial score (nSPS) is 10.6. The number of hydrogen-bond donors (Lipinski definition) is 2. The number of carbonyl (C=O) groups is 2. The summed E-state index contributed by atoms with van der Waals surface area (Å²) in [6.07, 6.45) is 2.41. The van der Waals surface area contributed by atoms with Gasteiger partial charge in [0, 0.05) is 12.6 Å². The van der Waals surface area contributed by atoms with Crippen molar-refractivity contribution < 1.29 is 19.4 Å². The fraction of sp³-hybridized carbons (Fsp3) is 0.0833. The highest BCUT2D eigenvalue weighted by atomic mass is 16.5. The molecule has 0 aromatic heterocycles. The van der Waals surface area contributed by atoms with Gasteiger partial charge in [0.2, 0.25) is 0 Å².